The van der Waals surface area contributed by atoms with Gasteiger partial charge in [0.2, 0.25) is 5.91 Å². The number of carbonyl (C=O) groups excluding carboxylic acids is 1. The predicted octanol–water partition coefficient (Wildman–Crippen LogP) is 2.18. The summed E-state index contributed by atoms with van der Waals surface area (Å²) in [7, 11) is 0. The van der Waals surface area contributed by atoms with Gasteiger partial charge in [-0.05, 0) is 12.8 Å². The number of amides is 1. The predicted molar refractivity (Wildman–Crippen MR) is 56.9 cm³/mol. The number of carboxylic acids is 1. The topological polar surface area (TPSA) is 57.6 Å². The lowest BCUT2D eigenvalue weighted by atomic mass is 10.1. The van der Waals surface area contributed by atoms with Gasteiger partial charge in [0.05, 0.1) is 6.42 Å². The summed E-state index contributed by atoms with van der Waals surface area (Å²) in [6, 6.07) is -0.221. The van der Waals surface area contributed by atoms with E-state index >= 15 is 0 Å². The lowest BCUT2D eigenvalue weighted by molar-refractivity contribution is -0.153. The molecular formula is C11H16F3NO3. The van der Waals surface area contributed by atoms with Crippen LogP contribution in [0.3, 0.4) is 0 Å². The fourth-order valence-corrected chi connectivity index (χ4v) is 2.17. The molecule has 0 heterocycles. The minimum atomic E-state index is -4.39. The first-order valence-electron chi connectivity index (χ1n) is 5.87. The highest BCUT2D eigenvalue weighted by Gasteiger charge is 2.32. The van der Waals surface area contributed by atoms with Crippen LogP contribution in [0.2, 0.25) is 0 Å². The van der Waals surface area contributed by atoms with Gasteiger partial charge in [0.25, 0.3) is 0 Å². The van der Waals surface area contributed by atoms with Crippen molar-refractivity contribution in [2.75, 3.05) is 6.54 Å². The minimum Gasteiger partial charge on any atom is -0.480 e. The van der Waals surface area contributed by atoms with Gasteiger partial charge < -0.3 is 10.0 Å². The van der Waals surface area contributed by atoms with Gasteiger partial charge >= 0.3 is 12.1 Å². The van der Waals surface area contributed by atoms with Gasteiger partial charge in [-0.2, -0.15) is 13.2 Å². The van der Waals surface area contributed by atoms with Crippen molar-refractivity contribution in [3.8, 4) is 0 Å². The van der Waals surface area contributed by atoms with Gasteiger partial charge in [0, 0.05) is 12.5 Å². The van der Waals surface area contributed by atoms with Crippen molar-refractivity contribution in [2.24, 2.45) is 0 Å². The van der Waals surface area contributed by atoms with Crippen LogP contribution >= 0.6 is 0 Å². The number of alkyl halides is 3. The van der Waals surface area contributed by atoms with Crippen LogP contribution in [-0.2, 0) is 9.59 Å². The smallest absolute Gasteiger partial charge is 0.389 e. The van der Waals surface area contributed by atoms with E-state index in [-0.39, 0.29) is 6.04 Å². The number of rotatable bonds is 5. The van der Waals surface area contributed by atoms with Crippen molar-refractivity contribution in [2.45, 2.75) is 50.7 Å². The van der Waals surface area contributed by atoms with Crippen LogP contribution in [0.1, 0.15) is 38.5 Å². The first-order valence-corrected chi connectivity index (χ1v) is 5.87. The summed E-state index contributed by atoms with van der Waals surface area (Å²) in [5, 5.41) is 8.71. The number of hydrogen-bond acceptors (Lipinski definition) is 2. The Morgan fingerprint density at radius 3 is 2.22 bits per heavy atom. The van der Waals surface area contributed by atoms with Crippen LogP contribution in [0.15, 0.2) is 0 Å². The van der Waals surface area contributed by atoms with E-state index in [0.29, 0.717) is 12.8 Å². The molecule has 0 unspecified atom stereocenters. The Hall–Kier alpha value is -1.27. The molecule has 0 aromatic rings. The van der Waals surface area contributed by atoms with Crippen LogP contribution in [0.4, 0.5) is 13.2 Å². The molecule has 1 saturated carbocycles. The Bertz CT molecular complexity index is 311. The van der Waals surface area contributed by atoms with E-state index < -0.39 is 37.4 Å². The molecule has 1 aliphatic carbocycles. The average molecular weight is 267 g/mol. The second kappa shape index (κ2) is 6.06. The maximum atomic E-state index is 12.0. The summed E-state index contributed by atoms with van der Waals surface area (Å²) < 4.78 is 36.1. The lowest BCUT2D eigenvalue weighted by Crippen LogP contribution is -2.42. The molecule has 0 aliphatic heterocycles. The fraction of sp³-hybridized carbons (Fsp3) is 0.818. The second-order valence-corrected chi connectivity index (χ2v) is 4.47. The maximum absolute atomic E-state index is 12.0. The van der Waals surface area contributed by atoms with Crippen molar-refractivity contribution in [3.05, 3.63) is 0 Å². The summed E-state index contributed by atoms with van der Waals surface area (Å²) in [4.78, 5) is 23.4. The number of carboxylic acid groups (broad SMARTS) is 1. The standard InChI is InChI=1S/C11H16F3NO3/c12-11(13,14)6-5-9(16)15(7-10(17)18)8-3-1-2-4-8/h8H,1-7H2,(H,17,18). The monoisotopic (exact) mass is 267 g/mol. The third kappa shape index (κ3) is 4.93. The van der Waals surface area contributed by atoms with Crippen LogP contribution in [0, 0.1) is 0 Å². The molecule has 0 bridgehead atoms. The molecule has 1 rings (SSSR count). The molecule has 1 fully saturated rings. The Kier molecular flexibility index (Phi) is 4.98. The quantitative estimate of drug-likeness (QED) is 0.830. The van der Waals surface area contributed by atoms with Crippen molar-refractivity contribution < 1.29 is 27.9 Å². The molecule has 0 aromatic heterocycles. The molecule has 0 radical (unpaired) electrons. The largest absolute Gasteiger partial charge is 0.480 e. The molecule has 104 valence electrons. The molecule has 18 heavy (non-hydrogen) atoms. The highest BCUT2D eigenvalue weighted by atomic mass is 19.4. The maximum Gasteiger partial charge on any atom is 0.389 e. The molecule has 1 amide bonds. The highest BCUT2D eigenvalue weighted by molar-refractivity contribution is 5.81. The van der Waals surface area contributed by atoms with Crippen LogP contribution in [0.25, 0.3) is 0 Å². The summed E-state index contributed by atoms with van der Waals surface area (Å²) in [5.41, 5.74) is 0. The van der Waals surface area contributed by atoms with Gasteiger partial charge in [-0.3, -0.25) is 9.59 Å². The molecule has 0 aromatic carbocycles. The van der Waals surface area contributed by atoms with Crippen molar-refractivity contribution in [3.63, 3.8) is 0 Å². The van der Waals surface area contributed by atoms with Crippen molar-refractivity contribution in [1.82, 2.24) is 4.90 Å². The van der Waals surface area contributed by atoms with E-state index in [4.69, 9.17) is 5.11 Å². The summed E-state index contributed by atoms with van der Waals surface area (Å²) >= 11 is 0. The number of halogens is 3. The van der Waals surface area contributed by atoms with E-state index in [0.717, 1.165) is 17.7 Å². The Morgan fingerprint density at radius 2 is 1.78 bits per heavy atom. The van der Waals surface area contributed by atoms with E-state index in [1.165, 1.54) is 0 Å². The molecule has 1 N–H and O–H groups in total. The van der Waals surface area contributed by atoms with Gasteiger partial charge in [-0.1, -0.05) is 12.8 Å². The first kappa shape index (κ1) is 14.8. The SMILES string of the molecule is O=C(O)CN(C(=O)CCC(F)(F)F)C1CCCC1. The van der Waals surface area contributed by atoms with Gasteiger partial charge in [-0.15, -0.1) is 0 Å². The van der Waals surface area contributed by atoms with E-state index in [2.05, 4.69) is 0 Å². The van der Waals surface area contributed by atoms with Crippen LogP contribution < -0.4 is 0 Å². The van der Waals surface area contributed by atoms with Gasteiger partial charge in [0.15, 0.2) is 0 Å². The zero-order valence-corrected chi connectivity index (χ0v) is 9.87. The third-order valence-electron chi connectivity index (χ3n) is 3.01. The molecule has 1 aliphatic rings. The normalized spacial score (nSPS) is 16.8. The molecule has 0 spiro atoms. The van der Waals surface area contributed by atoms with Crippen LogP contribution in [0.5, 0.6) is 0 Å². The van der Waals surface area contributed by atoms with Gasteiger partial charge in [0.1, 0.15) is 6.54 Å². The minimum absolute atomic E-state index is 0.221. The number of carbonyl (C=O) groups is 2. The average Bonchev–Trinajstić information content (AvgIpc) is 2.74. The number of aliphatic carboxylic acids is 1. The van der Waals surface area contributed by atoms with E-state index in [9.17, 15) is 22.8 Å². The summed E-state index contributed by atoms with van der Waals surface area (Å²) in [6.07, 6.45) is -3.15. The Morgan fingerprint density at radius 1 is 1.22 bits per heavy atom. The molecule has 0 atom stereocenters. The Balaban J connectivity index is 2.58. The zero-order chi connectivity index (χ0) is 13.8. The second-order valence-electron chi connectivity index (χ2n) is 4.47. The molecule has 0 saturated heterocycles. The van der Waals surface area contributed by atoms with E-state index in [1.54, 1.807) is 0 Å². The zero-order valence-electron chi connectivity index (χ0n) is 9.87. The third-order valence-corrected chi connectivity index (χ3v) is 3.01. The fourth-order valence-electron chi connectivity index (χ4n) is 2.17. The summed E-state index contributed by atoms with van der Waals surface area (Å²) in [5.74, 6) is -1.91. The van der Waals surface area contributed by atoms with Crippen molar-refractivity contribution >= 4 is 11.9 Å². The number of nitrogens with zero attached hydrogens (tertiary/aromatic N) is 1. The number of hydrogen-bond donors (Lipinski definition) is 1. The highest BCUT2D eigenvalue weighted by Crippen LogP contribution is 2.26. The molecule has 7 heteroatoms. The van der Waals surface area contributed by atoms with E-state index in [1.807, 2.05) is 0 Å². The molecular weight excluding hydrogens is 251 g/mol. The van der Waals surface area contributed by atoms with Crippen LogP contribution in [-0.4, -0.2) is 40.6 Å². The van der Waals surface area contributed by atoms with Gasteiger partial charge in [-0.25, -0.2) is 0 Å². The van der Waals surface area contributed by atoms with Crippen molar-refractivity contribution in [1.29, 1.82) is 0 Å². The summed E-state index contributed by atoms with van der Waals surface area (Å²) in [6.45, 7) is -0.513. The lowest BCUT2D eigenvalue weighted by Gasteiger charge is -2.27. The first-order chi connectivity index (χ1) is 8.29. The molecule has 4 nitrogen and oxygen atoms in total. The Labute approximate surface area is 103 Å².